The van der Waals surface area contributed by atoms with Crippen LogP contribution in [0.4, 0.5) is 5.95 Å². The molecule has 0 saturated heterocycles. The summed E-state index contributed by atoms with van der Waals surface area (Å²) in [5.74, 6) is 0.351. The molecule has 0 bridgehead atoms. The van der Waals surface area contributed by atoms with Gasteiger partial charge < -0.3 is 10.0 Å². The van der Waals surface area contributed by atoms with Crippen molar-refractivity contribution in [2.24, 2.45) is 5.92 Å². The fraction of sp³-hybridized carbons (Fsp3) is 0.370. The second-order valence-corrected chi connectivity index (χ2v) is 12.5. The maximum Gasteiger partial charge on any atom is 0.319 e. The molecular formula is C27H32N6O2S2. The van der Waals surface area contributed by atoms with Gasteiger partial charge in [-0.25, -0.2) is 19.6 Å². The zero-order valence-corrected chi connectivity index (χ0v) is 23.2. The van der Waals surface area contributed by atoms with Crippen molar-refractivity contribution in [3.05, 3.63) is 77.3 Å². The highest BCUT2D eigenvalue weighted by Crippen LogP contribution is 2.34. The summed E-state index contributed by atoms with van der Waals surface area (Å²) in [4.78, 5) is 27.7. The third kappa shape index (κ3) is 7.39. The van der Waals surface area contributed by atoms with Crippen molar-refractivity contribution in [2.75, 3.05) is 11.4 Å². The lowest BCUT2D eigenvalue weighted by atomic mass is 10.1. The number of aromatic nitrogens is 5. The monoisotopic (exact) mass is 536 g/mol. The van der Waals surface area contributed by atoms with E-state index in [1.54, 1.807) is 13.8 Å². The number of thiazole rings is 1. The van der Waals surface area contributed by atoms with Gasteiger partial charge in [0.05, 0.1) is 17.6 Å². The Morgan fingerprint density at radius 2 is 1.86 bits per heavy atom. The summed E-state index contributed by atoms with van der Waals surface area (Å²) in [6, 6.07) is 10.0. The lowest BCUT2D eigenvalue weighted by molar-refractivity contribution is -0.138. The zero-order valence-electron chi connectivity index (χ0n) is 21.5. The second kappa shape index (κ2) is 11.9. The standard InChI is InChI=1S/C27H32N6O2S2/c1-19(2)12-20-13-28-25(29-14-20)32(16-21-15-30-33(17-21)23-8-6-5-7-9-23)11-10-22-18-36-26(31-22)37-27(3,4)24(34)35/h5-9,13-15,17-19H,10-12,16H2,1-4H3,(H,34,35). The molecule has 4 aromatic rings. The van der Waals surface area contributed by atoms with Crippen LogP contribution < -0.4 is 4.90 Å². The molecule has 3 heterocycles. The highest BCUT2D eigenvalue weighted by atomic mass is 32.2. The van der Waals surface area contributed by atoms with Gasteiger partial charge in [0.15, 0.2) is 4.34 Å². The predicted molar refractivity (Wildman–Crippen MR) is 149 cm³/mol. The maximum absolute atomic E-state index is 11.5. The van der Waals surface area contributed by atoms with E-state index in [0.29, 0.717) is 31.4 Å². The molecule has 3 aromatic heterocycles. The first kappa shape index (κ1) is 26.8. The summed E-state index contributed by atoms with van der Waals surface area (Å²) in [5.41, 5.74) is 4.11. The predicted octanol–water partition coefficient (Wildman–Crippen LogP) is 5.52. The van der Waals surface area contributed by atoms with Gasteiger partial charge in [0.1, 0.15) is 4.75 Å². The van der Waals surface area contributed by atoms with Crippen molar-refractivity contribution in [3.63, 3.8) is 0 Å². The number of rotatable bonds is 12. The summed E-state index contributed by atoms with van der Waals surface area (Å²) in [5, 5.41) is 16.0. The van der Waals surface area contributed by atoms with Crippen LogP contribution in [0.1, 0.15) is 44.5 Å². The van der Waals surface area contributed by atoms with Gasteiger partial charge >= 0.3 is 5.97 Å². The Labute approximate surface area is 225 Å². The number of thioether (sulfide) groups is 1. The minimum absolute atomic E-state index is 0.539. The molecule has 194 valence electrons. The van der Waals surface area contributed by atoms with Crippen LogP contribution in [0.3, 0.4) is 0 Å². The van der Waals surface area contributed by atoms with Gasteiger partial charge in [0.2, 0.25) is 5.95 Å². The summed E-state index contributed by atoms with van der Waals surface area (Å²) in [7, 11) is 0. The molecule has 0 radical (unpaired) electrons. The van der Waals surface area contributed by atoms with E-state index >= 15 is 0 Å². The van der Waals surface area contributed by atoms with Crippen LogP contribution in [0.15, 0.2) is 64.8 Å². The first-order valence-electron chi connectivity index (χ1n) is 12.2. The third-order valence-electron chi connectivity index (χ3n) is 5.67. The number of nitrogens with zero attached hydrogens (tertiary/aromatic N) is 6. The van der Waals surface area contributed by atoms with Crippen molar-refractivity contribution >= 4 is 35.0 Å². The van der Waals surface area contributed by atoms with E-state index in [1.165, 1.54) is 23.1 Å². The van der Waals surface area contributed by atoms with Crippen molar-refractivity contribution < 1.29 is 9.90 Å². The Hall–Kier alpha value is -3.24. The smallest absolute Gasteiger partial charge is 0.319 e. The van der Waals surface area contributed by atoms with E-state index < -0.39 is 10.7 Å². The minimum Gasteiger partial charge on any atom is -0.480 e. The van der Waals surface area contributed by atoms with Gasteiger partial charge in [-0.2, -0.15) is 5.10 Å². The number of hydrogen-bond acceptors (Lipinski definition) is 8. The number of aliphatic carboxylic acids is 1. The number of hydrogen-bond donors (Lipinski definition) is 1. The molecule has 0 aliphatic heterocycles. The molecule has 0 spiro atoms. The zero-order chi connectivity index (χ0) is 26.4. The Kier molecular flexibility index (Phi) is 8.60. The van der Waals surface area contributed by atoms with Gasteiger partial charge in [-0.05, 0) is 43.9 Å². The van der Waals surface area contributed by atoms with Crippen LogP contribution >= 0.6 is 23.1 Å². The number of carboxylic acid groups (broad SMARTS) is 1. The summed E-state index contributed by atoms with van der Waals surface area (Å²) >= 11 is 2.75. The molecule has 10 heteroatoms. The lowest BCUT2D eigenvalue weighted by Crippen LogP contribution is -2.27. The molecular weight excluding hydrogens is 504 g/mol. The van der Waals surface area contributed by atoms with Crippen molar-refractivity contribution in [1.29, 1.82) is 0 Å². The number of carbonyl (C=O) groups is 1. The van der Waals surface area contributed by atoms with Crippen LogP contribution in [0, 0.1) is 5.92 Å². The lowest BCUT2D eigenvalue weighted by Gasteiger charge is -2.22. The van der Waals surface area contributed by atoms with E-state index in [1.807, 2.05) is 65.2 Å². The highest BCUT2D eigenvalue weighted by molar-refractivity contribution is 8.03. The molecule has 37 heavy (non-hydrogen) atoms. The van der Waals surface area contributed by atoms with E-state index in [9.17, 15) is 9.90 Å². The van der Waals surface area contributed by atoms with Gasteiger partial charge in [-0.3, -0.25) is 4.79 Å². The van der Waals surface area contributed by atoms with Gasteiger partial charge in [0, 0.05) is 49.0 Å². The van der Waals surface area contributed by atoms with Crippen LogP contribution in [-0.2, 0) is 24.2 Å². The van der Waals surface area contributed by atoms with Crippen LogP contribution in [0.25, 0.3) is 5.69 Å². The molecule has 8 nitrogen and oxygen atoms in total. The van der Waals surface area contributed by atoms with Crippen LogP contribution in [0.5, 0.6) is 0 Å². The fourth-order valence-electron chi connectivity index (χ4n) is 3.68. The maximum atomic E-state index is 11.5. The van der Waals surface area contributed by atoms with Crippen molar-refractivity contribution in [2.45, 2.75) is 56.2 Å². The van der Waals surface area contributed by atoms with E-state index in [0.717, 1.165) is 33.3 Å². The largest absolute Gasteiger partial charge is 0.480 e. The van der Waals surface area contributed by atoms with E-state index in [2.05, 4.69) is 38.8 Å². The Morgan fingerprint density at radius 3 is 2.54 bits per heavy atom. The Balaban J connectivity index is 1.50. The molecule has 0 aliphatic carbocycles. The normalized spacial score (nSPS) is 11.7. The van der Waals surface area contributed by atoms with Gasteiger partial charge in [0.25, 0.3) is 0 Å². The SMILES string of the molecule is CC(C)Cc1cnc(N(CCc2csc(SC(C)(C)C(=O)O)n2)Cc2cnn(-c3ccccc3)c2)nc1. The number of para-hydroxylation sites is 1. The number of anilines is 1. The molecule has 1 N–H and O–H groups in total. The summed E-state index contributed by atoms with van der Waals surface area (Å²) in [6.45, 7) is 9.02. The second-order valence-electron chi connectivity index (χ2n) is 9.81. The first-order valence-corrected chi connectivity index (χ1v) is 13.9. The topological polar surface area (TPSA) is 97.0 Å². The molecule has 0 saturated carbocycles. The molecule has 0 aliphatic rings. The average molecular weight is 537 g/mol. The van der Waals surface area contributed by atoms with Crippen molar-refractivity contribution in [1.82, 2.24) is 24.7 Å². The molecule has 0 amide bonds. The molecule has 0 atom stereocenters. The third-order valence-corrected chi connectivity index (χ3v) is 7.85. The molecule has 4 rings (SSSR count). The van der Waals surface area contributed by atoms with E-state index in [4.69, 9.17) is 0 Å². The minimum atomic E-state index is -0.925. The van der Waals surface area contributed by atoms with Crippen LogP contribution in [0.2, 0.25) is 0 Å². The first-order chi connectivity index (χ1) is 17.7. The molecule has 0 unspecified atom stereocenters. The Morgan fingerprint density at radius 1 is 1.14 bits per heavy atom. The molecule has 1 aromatic carbocycles. The fourth-order valence-corrected chi connectivity index (χ4v) is 5.91. The average Bonchev–Trinajstić information content (AvgIpc) is 3.51. The Bertz CT molecular complexity index is 1300. The number of carboxylic acids is 1. The van der Waals surface area contributed by atoms with Gasteiger partial charge in [-0.1, -0.05) is 43.8 Å². The van der Waals surface area contributed by atoms with Crippen LogP contribution in [-0.4, -0.2) is 47.1 Å². The highest BCUT2D eigenvalue weighted by Gasteiger charge is 2.29. The summed E-state index contributed by atoms with van der Waals surface area (Å²) < 4.78 is 1.70. The van der Waals surface area contributed by atoms with E-state index in [-0.39, 0.29) is 0 Å². The molecule has 0 fully saturated rings. The van der Waals surface area contributed by atoms with Crippen molar-refractivity contribution in [3.8, 4) is 5.69 Å². The summed E-state index contributed by atoms with van der Waals surface area (Å²) in [6.07, 6.45) is 9.35. The number of benzene rings is 1. The van der Waals surface area contributed by atoms with Gasteiger partial charge in [-0.15, -0.1) is 11.3 Å². The quantitative estimate of drug-likeness (QED) is 0.236.